The zero-order valence-corrected chi connectivity index (χ0v) is 10.3. The van der Waals surface area contributed by atoms with E-state index < -0.39 is 0 Å². The topological polar surface area (TPSA) is 58.1 Å². The number of hydrogen-bond acceptors (Lipinski definition) is 4. The lowest BCUT2D eigenvalue weighted by atomic mass is 10.2. The maximum absolute atomic E-state index is 11.2. The van der Waals surface area contributed by atoms with Crippen LogP contribution in [0.25, 0.3) is 0 Å². The first-order valence-electron chi connectivity index (χ1n) is 6.02. The van der Waals surface area contributed by atoms with E-state index in [-0.39, 0.29) is 5.91 Å². The summed E-state index contributed by atoms with van der Waals surface area (Å²) in [5.41, 5.74) is 1.03. The summed E-state index contributed by atoms with van der Waals surface area (Å²) in [6, 6.07) is 2.27. The summed E-state index contributed by atoms with van der Waals surface area (Å²) in [7, 11) is 0. The van der Waals surface area contributed by atoms with Crippen molar-refractivity contribution in [1.29, 1.82) is 0 Å². The number of aromatic nitrogens is 2. The smallest absolute Gasteiger partial charge is 0.219 e. The van der Waals surface area contributed by atoms with Crippen LogP contribution in [0.4, 0.5) is 5.82 Å². The summed E-state index contributed by atoms with van der Waals surface area (Å²) < 4.78 is 0. The third kappa shape index (κ3) is 2.93. The number of carbonyl (C=O) groups excluding carboxylic acids is 1. The van der Waals surface area contributed by atoms with Gasteiger partial charge in [-0.3, -0.25) is 4.79 Å². The van der Waals surface area contributed by atoms with Crippen molar-refractivity contribution >= 4 is 11.7 Å². The highest BCUT2D eigenvalue weighted by Crippen LogP contribution is 2.14. The number of aryl methyl sites for hydroxylation is 1. The summed E-state index contributed by atoms with van der Waals surface area (Å²) in [5, 5.41) is 3.36. The van der Waals surface area contributed by atoms with Crippen molar-refractivity contribution in [3.8, 4) is 0 Å². The van der Waals surface area contributed by atoms with E-state index in [4.69, 9.17) is 0 Å². The number of likely N-dealkylation sites (tertiary alicyclic amines) is 1. The molecule has 5 heteroatoms. The van der Waals surface area contributed by atoms with Gasteiger partial charge in [0.1, 0.15) is 12.1 Å². The Labute approximate surface area is 101 Å². The summed E-state index contributed by atoms with van der Waals surface area (Å²) >= 11 is 0. The summed E-state index contributed by atoms with van der Waals surface area (Å²) in [5.74, 6) is 0.999. The predicted octanol–water partition coefficient (Wildman–Crippen LogP) is 1.07. The largest absolute Gasteiger partial charge is 0.365 e. The quantitative estimate of drug-likeness (QED) is 0.850. The van der Waals surface area contributed by atoms with E-state index >= 15 is 0 Å². The Morgan fingerprint density at radius 1 is 1.59 bits per heavy atom. The molecular weight excluding hydrogens is 216 g/mol. The SMILES string of the molecule is CCc1cc(N[C@H]2CCN(C(C)=O)C2)ncn1. The maximum Gasteiger partial charge on any atom is 0.219 e. The van der Waals surface area contributed by atoms with Crippen molar-refractivity contribution in [2.75, 3.05) is 18.4 Å². The van der Waals surface area contributed by atoms with Crippen LogP contribution in [0, 0.1) is 0 Å². The molecule has 0 unspecified atom stereocenters. The number of anilines is 1. The number of amides is 1. The molecule has 2 heterocycles. The fourth-order valence-corrected chi connectivity index (χ4v) is 2.04. The summed E-state index contributed by atoms with van der Waals surface area (Å²) in [6.07, 6.45) is 3.46. The second-order valence-corrected chi connectivity index (χ2v) is 4.34. The molecule has 0 spiro atoms. The van der Waals surface area contributed by atoms with Gasteiger partial charge in [0.15, 0.2) is 0 Å². The lowest BCUT2D eigenvalue weighted by molar-refractivity contribution is -0.127. The number of hydrogen-bond donors (Lipinski definition) is 1. The van der Waals surface area contributed by atoms with Crippen LogP contribution in [0.1, 0.15) is 26.0 Å². The van der Waals surface area contributed by atoms with Crippen LogP contribution < -0.4 is 5.32 Å². The molecule has 1 saturated heterocycles. The standard InChI is InChI=1S/C12H18N4O/c1-3-10-6-12(14-8-13-10)15-11-4-5-16(7-11)9(2)17/h6,8,11H,3-5,7H2,1-2H3,(H,13,14,15)/t11-/m0/s1. The Balaban J connectivity index is 1.95. The van der Waals surface area contributed by atoms with Crippen molar-refractivity contribution < 1.29 is 4.79 Å². The Hall–Kier alpha value is -1.65. The van der Waals surface area contributed by atoms with Gasteiger partial charge < -0.3 is 10.2 Å². The number of nitrogens with one attached hydrogen (secondary N) is 1. The van der Waals surface area contributed by atoms with Gasteiger partial charge in [-0.05, 0) is 12.8 Å². The minimum absolute atomic E-state index is 0.145. The Bertz CT molecular complexity index is 407. The van der Waals surface area contributed by atoms with E-state index in [0.29, 0.717) is 6.04 Å². The van der Waals surface area contributed by atoms with Gasteiger partial charge in [-0.1, -0.05) is 6.92 Å². The second-order valence-electron chi connectivity index (χ2n) is 4.34. The molecule has 5 nitrogen and oxygen atoms in total. The van der Waals surface area contributed by atoms with Crippen LogP contribution in [-0.4, -0.2) is 39.9 Å². The fraction of sp³-hybridized carbons (Fsp3) is 0.583. The summed E-state index contributed by atoms with van der Waals surface area (Å²) in [6.45, 7) is 5.28. The van der Waals surface area contributed by atoms with E-state index in [0.717, 1.165) is 37.4 Å². The van der Waals surface area contributed by atoms with Crippen molar-refractivity contribution in [1.82, 2.24) is 14.9 Å². The molecule has 1 N–H and O–H groups in total. The monoisotopic (exact) mass is 234 g/mol. The van der Waals surface area contributed by atoms with E-state index in [2.05, 4.69) is 22.2 Å². The third-order valence-corrected chi connectivity index (χ3v) is 3.07. The van der Waals surface area contributed by atoms with Gasteiger partial charge in [-0.25, -0.2) is 9.97 Å². The molecule has 1 atom stereocenters. The first-order valence-corrected chi connectivity index (χ1v) is 6.02. The highest BCUT2D eigenvalue weighted by atomic mass is 16.2. The predicted molar refractivity (Wildman–Crippen MR) is 65.7 cm³/mol. The van der Waals surface area contributed by atoms with Gasteiger partial charge in [0.05, 0.1) is 0 Å². The van der Waals surface area contributed by atoms with Gasteiger partial charge in [-0.15, -0.1) is 0 Å². The lowest BCUT2D eigenvalue weighted by Gasteiger charge is -2.15. The van der Waals surface area contributed by atoms with Gasteiger partial charge in [-0.2, -0.15) is 0 Å². The Kier molecular flexibility index (Phi) is 3.56. The number of nitrogens with zero attached hydrogens (tertiary/aromatic N) is 3. The highest BCUT2D eigenvalue weighted by molar-refractivity contribution is 5.73. The van der Waals surface area contributed by atoms with Gasteiger partial charge in [0.2, 0.25) is 5.91 Å². The molecule has 1 amide bonds. The zero-order chi connectivity index (χ0) is 12.3. The molecule has 1 aliphatic rings. The van der Waals surface area contributed by atoms with Crippen LogP contribution in [-0.2, 0) is 11.2 Å². The molecule has 1 aromatic rings. The third-order valence-electron chi connectivity index (χ3n) is 3.07. The molecule has 1 aliphatic heterocycles. The highest BCUT2D eigenvalue weighted by Gasteiger charge is 2.24. The first kappa shape index (κ1) is 11.8. The fourth-order valence-electron chi connectivity index (χ4n) is 2.04. The molecule has 17 heavy (non-hydrogen) atoms. The molecule has 0 radical (unpaired) electrons. The molecular formula is C12H18N4O. The van der Waals surface area contributed by atoms with E-state index in [1.54, 1.807) is 13.3 Å². The van der Waals surface area contributed by atoms with Crippen molar-refractivity contribution in [2.45, 2.75) is 32.7 Å². The molecule has 1 fully saturated rings. The van der Waals surface area contributed by atoms with Crippen LogP contribution in [0.3, 0.4) is 0 Å². The van der Waals surface area contributed by atoms with Crippen LogP contribution in [0.5, 0.6) is 0 Å². The first-order chi connectivity index (χ1) is 8.19. The molecule has 0 saturated carbocycles. The minimum Gasteiger partial charge on any atom is -0.365 e. The zero-order valence-electron chi connectivity index (χ0n) is 10.3. The molecule has 92 valence electrons. The number of rotatable bonds is 3. The summed E-state index contributed by atoms with van der Waals surface area (Å²) in [4.78, 5) is 21.4. The van der Waals surface area contributed by atoms with Crippen LogP contribution >= 0.6 is 0 Å². The maximum atomic E-state index is 11.2. The molecule has 0 aliphatic carbocycles. The lowest BCUT2D eigenvalue weighted by Crippen LogP contribution is -2.29. The van der Waals surface area contributed by atoms with E-state index in [1.807, 2.05) is 11.0 Å². The minimum atomic E-state index is 0.145. The number of carbonyl (C=O) groups is 1. The average Bonchev–Trinajstić information content (AvgIpc) is 2.78. The molecule has 1 aromatic heterocycles. The second kappa shape index (κ2) is 5.12. The van der Waals surface area contributed by atoms with Crippen molar-refractivity contribution in [3.63, 3.8) is 0 Å². The van der Waals surface area contributed by atoms with E-state index in [1.165, 1.54) is 0 Å². The normalized spacial score (nSPS) is 19.4. The van der Waals surface area contributed by atoms with Crippen LogP contribution in [0.2, 0.25) is 0 Å². The van der Waals surface area contributed by atoms with Gasteiger partial charge >= 0.3 is 0 Å². The Morgan fingerprint density at radius 3 is 3.06 bits per heavy atom. The van der Waals surface area contributed by atoms with Gasteiger partial charge in [0, 0.05) is 37.8 Å². The molecule has 0 bridgehead atoms. The Morgan fingerprint density at radius 2 is 2.41 bits per heavy atom. The van der Waals surface area contributed by atoms with Crippen molar-refractivity contribution in [3.05, 3.63) is 18.1 Å². The van der Waals surface area contributed by atoms with Gasteiger partial charge in [0.25, 0.3) is 0 Å². The molecule has 0 aromatic carbocycles. The van der Waals surface area contributed by atoms with E-state index in [9.17, 15) is 4.79 Å². The molecule has 2 rings (SSSR count). The van der Waals surface area contributed by atoms with Crippen molar-refractivity contribution in [2.24, 2.45) is 0 Å². The average molecular weight is 234 g/mol. The van der Waals surface area contributed by atoms with Crippen LogP contribution in [0.15, 0.2) is 12.4 Å².